The number of carbonyl (C=O) groups is 2. The Morgan fingerprint density at radius 3 is 2.68 bits per heavy atom. The molecule has 2 amide bonds. The number of morpholine rings is 1. The SMILES string of the molecule is CS(=O)(=O)NCCNC(=O)N1CCOC(C(=O)O)C1. The highest BCUT2D eigenvalue weighted by Crippen LogP contribution is 2.05. The Morgan fingerprint density at radius 1 is 1.42 bits per heavy atom. The number of aliphatic carboxylic acids is 1. The van der Waals surface area contributed by atoms with E-state index >= 15 is 0 Å². The Hall–Kier alpha value is -1.39. The molecule has 1 saturated heterocycles. The molecule has 0 aromatic heterocycles. The largest absolute Gasteiger partial charge is 0.479 e. The molecule has 0 aliphatic carbocycles. The van der Waals surface area contributed by atoms with Crippen molar-refractivity contribution in [2.75, 3.05) is 39.0 Å². The molecule has 1 heterocycles. The van der Waals surface area contributed by atoms with Crippen LogP contribution in [-0.4, -0.2) is 75.6 Å². The van der Waals surface area contributed by atoms with Gasteiger partial charge in [-0.05, 0) is 0 Å². The molecule has 19 heavy (non-hydrogen) atoms. The highest BCUT2D eigenvalue weighted by atomic mass is 32.2. The first-order valence-electron chi connectivity index (χ1n) is 5.61. The van der Waals surface area contributed by atoms with E-state index in [4.69, 9.17) is 9.84 Å². The Labute approximate surface area is 111 Å². The van der Waals surface area contributed by atoms with Gasteiger partial charge in [0.05, 0.1) is 19.4 Å². The fraction of sp³-hybridized carbons (Fsp3) is 0.778. The maximum Gasteiger partial charge on any atom is 0.334 e. The fourth-order valence-corrected chi connectivity index (χ4v) is 1.97. The van der Waals surface area contributed by atoms with E-state index in [9.17, 15) is 18.0 Å². The van der Waals surface area contributed by atoms with E-state index < -0.39 is 28.1 Å². The van der Waals surface area contributed by atoms with Crippen LogP contribution in [0.1, 0.15) is 0 Å². The number of ether oxygens (including phenoxy) is 1. The van der Waals surface area contributed by atoms with Crippen LogP contribution in [0.5, 0.6) is 0 Å². The van der Waals surface area contributed by atoms with Gasteiger partial charge in [0.2, 0.25) is 10.0 Å². The van der Waals surface area contributed by atoms with E-state index in [0.717, 1.165) is 6.26 Å². The lowest BCUT2D eigenvalue weighted by Crippen LogP contribution is -2.52. The number of nitrogens with zero attached hydrogens (tertiary/aromatic N) is 1. The number of rotatable bonds is 5. The Balaban J connectivity index is 2.31. The van der Waals surface area contributed by atoms with E-state index in [1.807, 2.05) is 0 Å². The second kappa shape index (κ2) is 6.68. The summed E-state index contributed by atoms with van der Waals surface area (Å²) in [5.41, 5.74) is 0. The monoisotopic (exact) mass is 295 g/mol. The third-order valence-corrected chi connectivity index (χ3v) is 3.12. The van der Waals surface area contributed by atoms with Gasteiger partial charge in [0.15, 0.2) is 6.10 Å². The zero-order valence-corrected chi connectivity index (χ0v) is 11.3. The minimum absolute atomic E-state index is 0.0271. The summed E-state index contributed by atoms with van der Waals surface area (Å²) in [5, 5.41) is 11.3. The van der Waals surface area contributed by atoms with Gasteiger partial charge in [-0.1, -0.05) is 0 Å². The molecule has 3 N–H and O–H groups in total. The summed E-state index contributed by atoms with van der Waals surface area (Å²) in [6.07, 6.45) is 0.00230. The number of carboxylic acid groups (broad SMARTS) is 1. The van der Waals surface area contributed by atoms with Crippen molar-refractivity contribution < 1.29 is 27.9 Å². The number of hydrogen-bond donors (Lipinski definition) is 3. The van der Waals surface area contributed by atoms with Crippen LogP contribution in [-0.2, 0) is 19.6 Å². The normalized spacial score (nSPS) is 20.1. The Morgan fingerprint density at radius 2 is 2.11 bits per heavy atom. The van der Waals surface area contributed by atoms with Crippen LogP contribution in [0, 0.1) is 0 Å². The van der Waals surface area contributed by atoms with Gasteiger partial charge in [-0.2, -0.15) is 0 Å². The van der Waals surface area contributed by atoms with Crippen LogP contribution in [0.15, 0.2) is 0 Å². The zero-order valence-electron chi connectivity index (χ0n) is 10.5. The molecule has 0 bridgehead atoms. The molecule has 110 valence electrons. The first-order chi connectivity index (χ1) is 8.79. The predicted molar refractivity (Wildman–Crippen MR) is 65.2 cm³/mol. The summed E-state index contributed by atoms with van der Waals surface area (Å²) in [6.45, 7) is 0.639. The molecule has 1 unspecified atom stereocenters. The van der Waals surface area contributed by atoms with E-state index in [0.29, 0.717) is 6.54 Å². The minimum atomic E-state index is -3.28. The molecule has 0 spiro atoms. The van der Waals surface area contributed by atoms with E-state index in [2.05, 4.69) is 10.0 Å². The van der Waals surface area contributed by atoms with E-state index in [1.165, 1.54) is 4.90 Å². The van der Waals surface area contributed by atoms with Crippen molar-refractivity contribution in [3.8, 4) is 0 Å². The fourth-order valence-electron chi connectivity index (χ4n) is 1.50. The van der Waals surface area contributed by atoms with E-state index in [1.54, 1.807) is 0 Å². The second-order valence-electron chi connectivity index (χ2n) is 4.04. The number of carboxylic acids is 1. The maximum atomic E-state index is 11.7. The lowest BCUT2D eigenvalue weighted by atomic mass is 10.3. The summed E-state index contributed by atoms with van der Waals surface area (Å²) in [4.78, 5) is 23.7. The van der Waals surface area contributed by atoms with Crippen LogP contribution in [0.4, 0.5) is 4.79 Å². The van der Waals surface area contributed by atoms with Gasteiger partial charge in [-0.15, -0.1) is 0 Å². The standard InChI is InChI=1S/C9H17N3O6S/c1-19(16,17)11-3-2-10-9(15)12-4-5-18-7(6-12)8(13)14/h7,11H,2-6H2,1H3,(H,10,15)(H,13,14). The summed E-state index contributed by atoms with van der Waals surface area (Å²) in [6, 6.07) is -0.440. The van der Waals surface area contributed by atoms with Gasteiger partial charge in [0.25, 0.3) is 0 Å². The summed E-state index contributed by atoms with van der Waals surface area (Å²) >= 11 is 0. The van der Waals surface area contributed by atoms with Crippen molar-refractivity contribution in [3.05, 3.63) is 0 Å². The molecule has 0 aromatic carbocycles. The van der Waals surface area contributed by atoms with Crippen molar-refractivity contribution in [1.82, 2.24) is 14.9 Å². The van der Waals surface area contributed by atoms with Crippen LogP contribution < -0.4 is 10.0 Å². The first-order valence-corrected chi connectivity index (χ1v) is 7.50. The summed E-state index contributed by atoms with van der Waals surface area (Å²) in [5.74, 6) is -1.11. The minimum Gasteiger partial charge on any atom is -0.479 e. The molecule has 0 saturated carbocycles. The van der Waals surface area contributed by atoms with Gasteiger partial charge in [0, 0.05) is 19.6 Å². The molecule has 1 aliphatic heterocycles. The lowest BCUT2D eigenvalue weighted by Gasteiger charge is -2.30. The Kier molecular flexibility index (Phi) is 5.51. The highest BCUT2D eigenvalue weighted by molar-refractivity contribution is 7.88. The molecule has 1 aliphatic rings. The van der Waals surface area contributed by atoms with Gasteiger partial charge >= 0.3 is 12.0 Å². The molecular formula is C9H17N3O6S. The molecule has 9 nitrogen and oxygen atoms in total. The van der Waals surface area contributed by atoms with Crippen LogP contribution in [0.25, 0.3) is 0 Å². The van der Waals surface area contributed by atoms with Crippen LogP contribution >= 0.6 is 0 Å². The molecule has 0 aromatic rings. The first kappa shape index (κ1) is 15.7. The number of nitrogens with one attached hydrogen (secondary N) is 2. The number of hydrogen-bond acceptors (Lipinski definition) is 5. The molecule has 1 fully saturated rings. The van der Waals surface area contributed by atoms with Gasteiger partial charge in [-0.25, -0.2) is 22.7 Å². The van der Waals surface area contributed by atoms with Crippen molar-refractivity contribution in [1.29, 1.82) is 0 Å². The number of urea groups is 1. The lowest BCUT2D eigenvalue weighted by molar-refractivity contribution is -0.154. The average molecular weight is 295 g/mol. The summed E-state index contributed by atoms with van der Waals surface area (Å²) in [7, 11) is -3.28. The van der Waals surface area contributed by atoms with Gasteiger partial charge in [-0.3, -0.25) is 0 Å². The summed E-state index contributed by atoms with van der Waals surface area (Å²) < 4.78 is 28.8. The quantitative estimate of drug-likeness (QED) is 0.505. The highest BCUT2D eigenvalue weighted by Gasteiger charge is 2.28. The van der Waals surface area contributed by atoms with Crippen molar-refractivity contribution in [2.24, 2.45) is 0 Å². The third-order valence-electron chi connectivity index (χ3n) is 2.39. The maximum absolute atomic E-state index is 11.7. The topological polar surface area (TPSA) is 125 Å². The van der Waals surface area contributed by atoms with Crippen molar-refractivity contribution in [2.45, 2.75) is 6.10 Å². The predicted octanol–water partition coefficient (Wildman–Crippen LogP) is -1.97. The van der Waals surface area contributed by atoms with Gasteiger partial charge < -0.3 is 20.1 Å². The van der Waals surface area contributed by atoms with Crippen molar-refractivity contribution >= 4 is 22.0 Å². The molecular weight excluding hydrogens is 278 g/mol. The smallest absolute Gasteiger partial charge is 0.334 e. The zero-order chi connectivity index (χ0) is 14.5. The van der Waals surface area contributed by atoms with E-state index in [-0.39, 0.29) is 26.2 Å². The number of amides is 2. The van der Waals surface area contributed by atoms with Crippen LogP contribution in [0.2, 0.25) is 0 Å². The van der Waals surface area contributed by atoms with Crippen LogP contribution in [0.3, 0.4) is 0 Å². The molecule has 0 radical (unpaired) electrons. The number of carbonyl (C=O) groups excluding carboxylic acids is 1. The molecule has 1 rings (SSSR count). The third kappa shape index (κ3) is 5.85. The average Bonchev–Trinajstić information content (AvgIpc) is 2.33. The number of sulfonamides is 1. The van der Waals surface area contributed by atoms with Gasteiger partial charge in [0.1, 0.15) is 0 Å². The second-order valence-corrected chi connectivity index (χ2v) is 5.88. The Bertz CT molecular complexity index is 437. The molecule has 1 atom stereocenters. The van der Waals surface area contributed by atoms with Crippen molar-refractivity contribution in [3.63, 3.8) is 0 Å². The molecule has 10 heteroatoms.